The number of carboxylic acid groups (broad SMARTS) is 1. The van der Waals surface area contributed by atoms with Gasteiger partial charge in [-0.2, -0.15) is 13.2 Å². The highest BCUT2D eigenvalue weighted by Crippen LogP contribution is 2.18. The Balaban J connectivity index is 0.000000718. The van der Waals surface area contributed by atoms with Gasteiger partial charge in [-0.15, -0.1) is 0 Å². The van der Waals surface area contributed by atoms with E-state index in [9.17, 15) is 27.6 Å². The monoisotopic (exact) mass is 521 g/mol. The van der Waals surface area contributed by atoms with Crippen LogP contribution >= 0.6 is 23.2 Å². The van der Waals surface area contributed by atoms with Crippen molar-refractivity contribution in [1.82, 2.24) is 16.0 Å². The Bertz CT molecular complexity index is 985. The number of carboxylic acids is 1. The Morgan fingerprint density at radius 2 is 1.24 bits per heavy atom. The predicted molar refractivity (Wildman–Crippen MR) is 118 cm³/mol. The highest BCUT2D eigenvalue weighted by atomic mass is 35.5. The van der Waals surface area contributed by atoms with Crippen molar-refractivity contribution in [3.63, 3.8) is 0 Å². The zero-order chi connectivity index (χ0) is 25.7. The molecule has 0 atom stereocenters. The molecule has 0 saturated heterocycles. The summed E-state index contributed by atoms with van der Waals surface area (Å²) in [6.07, 6.45) is -5.43. The molecule has 0 saturated carbocycles. The van der Waals surface area contributed by atoms with Crippen molar-refractivity contribution in [1.29, 1.82) is 0 Å². The largest absolute Gasteiger partial charge is 0.490 e. The molecular weight excluding hydrogens is 502 g/mol. The highest BCUT2D eigenvalue weighted by molar-refractivity contribution is 6.34. The van der Waals surface area contributed by atoms with Crippen molar-refractivity contribution in [2.75, 3.05) is 6.54 Å². The molecule has 2 aromatic carbocycles. The van der Waals surface area contributed by atoms with Crippen LogP contribution in [0.2, 0.25) is 10.0 Å². The molecular formula is C21H20Cl2F3N3O5. The Hall–Kier alpha value is -3.31. The molecule has 0 bridgehead atoms. The molecule has 0 radical (unpaired) electrons. The van der Waals surface area contributed by atoms with Crippen molar-refractivity contribution >= 4 is 46.9 Å². The van der Waals surface area contributed by atoms with Crippen LogP contribution in [0, 0.1) is 0 Å². The predicted octanol–water partition coefficient (Wildman–Crippen LogP) is 3.07. The van der Waals surface area contributed by atoms with Gasteiger partial charge in [0.15, 0.2) is 0 Å². The number of carbonyl (C=O) groups is 4. The number of amides is 3. The Kier molecular flexibility index (Phi) is 11.9. The van der Waals surface area contributed by atoms with Crippen LogP contribution in [0.5, 0.6) is 0 Å². The second-order valence-corrected chi connectivity index (χ2v) is 7.45. The van der Waals surface area contributed by atoms with Gasteiger partial charge in [0.1, 0.15) is 6.42 Å². The number of aliphatic carboxylic acids is 1. The maximum absolute atomic E-state index is 11.8. The molecule has 0 unspecified atom stereocenters. The minimum Gasteiger partial charge on any atom is -0.475 e. The van der Waals surface area contributed by atoms with E-state index in [0.29, 0.717) is 16.6 Å². The molecule has 8 nitrogen and oxygen atoms in total. The van der Waals surface area contributed by atoms with Crippen molar-refractivity contribution in [2.24, 2.45) is 0 Å². The fraction of sp³-hybridized carbons (Fsp3) is 0.238. The minimum absolute atomic E-state index is 0.223. The number of hydrogen-bond acceptors (Lipinski definition) is 4. The molecule has 13 heteroatoms. The third-order valence-electron chi connectivity index (χ3n) is 3.75. The smallest absolute Gasteiger partial charge is 0.475 e. The maximum atomic E-state index is 11.8. The lowest BCUT2D eigenvalue weighted by molar-refractivity contribution is -0.192. The summed E-state index contributed by atoms with van der Waals surface area (Å²) in [5.41, 5.74) is 1.68. The first-order chi connectivity index (χ1) is 15.9. The molecule has 3 amide bonds. The van der Waals surface area contributed by atoms with Crippen LogP contribution in [0.4, 0.5) is 13.2 Å². The van der Waals surface area contributed by atoms with E-state index in [1.165, 1.54) is 0 Å². The second-order valence-electron chi connectivity index (χ2n) is 6.57. The zero-order valence-corrected chi connectivity index (χ0v) is 18.9. The van der Waals surface area contributed by atoms with Crippen molar-refractivity contribution in [3.8, 4) is 0 Å². The summed E-state index contributed by atoms with van der Waals surface area (Å²) in [4.78, 5) is 44.2. The number of benzene rings is 2. The fourth-order valence-corrected chi connectivity index (χ4v) is 2.79. The van der Waals surface area contributed by atoms with E-state index in [0.717, 1.165) is 11.1 Å². The Labute approximate surface area is 202 Å². The van der Waals surface area contributed by atoms with E-state index in [4.69, 9.17) is 33.1 Å². The lowest BCUT2D eigenvalue weighted by atomic mass is 10.2. The molecule has 0 fully saturated rings. The first-order valence-electron chi connectivity index (χ1n) is 9.46. The van der Waals surface area contributed by atoms with Crippen LogP contribution in [-0.4, -0.2) is 41.5 Å². The number of nitrogens with one attached hydrogen (secondary N) is 3. The Morgan fingerprint density at radius 3 is 1.76 bits per heavy atom. The molecule has 0 aliphatic carbocycles. The number of carbonyl (C=O) groups excluding carboxylic acids is 3. The zero-order valence-electron chi connectivity index (χ0n) is 17.4. The van der Waals surface area contributed by atoms with Crippen LogP contribution in [0.3, 0.4) is 0 Å². The number of hydrogen-bond donors (Lipinski definition) is 4. The molecule has 0 spiro atoms. The van der Waals surface area contributed by atoms with Gasteiger partial charge in [-0.3, -0.25) is 14.4 Å². The average molecular weight is 522 g/mol. The number of halogens is 5. The number of alkyl halides is 3. The van der Waals surface area contributed by atoms with Gasteiger partial charge in [-0.1, -0.05) is 53.5 Å². The highest BCUT2D eigenvalue weighted by Gasteiger charge is 2.38. The normalized spacial score (nSPS) is 10.4. The van der Waals surface area contributed by atoms with Gasteiger partial charge in [0.2, 0.25) is 17.7 Å². The lowest BCUT2D eigenvalue weighted by Crippen LogP contribution is -2.38. The van der Waals surface area contributed by atoms with Crippen molar-refractivity contribution in [2.45, 2.75) is 25.7 Å². The third-order valence-corrected chi connectivity index (χ3v) is 4.19. The van der Waals surface area contributed by atoms with Crippen LogP contribution in [0.1, 0.15) is 17.5 Å². The molecule has 2 rings (SSSR count). The first kappa shape index (κ1) is 28.7. The van der Waals surface area contributed by atoms with Gasteiger partial charge >= 0.3 is 12.1 Å². The SMILES string of the molecule is O=C(CNC(=O)CC(=O)NCc1ccccc1)NCc1cc(Cl)cc(Cl)c1.O=C(O)C(F)(F)F. The van der Waals surface area contributed by atoms with Crippen LogP contribution in [0.25, 0.3) is 0 Å². The second kappa shape index (κ2) is 14.1. The summed E-state index contributed by atoms with van der Waals surface area (Å²) in [5, 5.41) is 15.8. The maximum Gasteiger partial charge on any atom is 0.490 e. The number of rotatable bonds is 8. The molecule has 0 aromatic heterocycles. The van der Waals surface area contributed by atoms with Gasteiger partial charge in [-0.05, 0) is 29.3 Å². The lowest BCUT2D eigenvalue weighted by Gasteiger charge is -2.08. The van der Waals surface area contributed by atoms with E-state index in [-0.39, 0.29) is 25.4 Å². The summed E-state index contributed by atoms with van der Waals surface area (Å²) < 4.78 is 31.7. The first-order valence-corrected chi connectivity index (χ1v) is 10.2. The molecule has 4 N–H and O–H groups in total. The van der Waals surface area contributed by atoms with Crippen LogP contribution in [-0.2, 0) is 32.3 Å². The van der Waals surface area contributed by atoms with Gasteiger partial charge in [0.25, 0.3) is 0 Å². The summed E-state index contributed by atoms with van der Waals surface area (Å²) in [6.45, 7) is 0.348. The van der Waals surface area contributed by atoms with Gasteiger partial charge < -0.3 is 21.1 Å². The molecule has 0 aliphatic rings. The van der Waals surface area contributed by atoms with Gasteiger partial charge in [0, 0.05) is 23.1 Å². The van der Waals surface area contributed by atoms with Crippen LogP contribution in [0.15, 0.2) is 48.5 Å². The molecule has 34 heavy (non-hydrogen) atoms. The van der Waals surface area contributed by atoms with Crippen molar-refractivity contribution in [3.05, 3.63) is 69.7 Å². The fourth-order valence-electron chi connectivity index (χ4n) is 2.22. The van der Waals surface area contributed by atoms with Gasteiger partial charge in [0.05, 0.1) is 6.54 Å². The summed E-state index contributed by atoms with van der Waals surface area (Å²) in [5.74, 6) is -4.08. The van der Waals surface area contributed by atoms with Crippen molar-refractivity contribution < 1.29 is 37.5 Å². The molecule has 184 valence electrons. The van der Waals surface area contributed by atoms with Crippen LogP contribution < -0.4 is 16.0 Å². The minimum atomic E-state index is -5.08. The quantitative estimate of drug-likeness (QED) is 0.397. The summed E-state index contributed by atoms with van der Waals surface area (Å²) in [7, 11) is 0. The van der Waals surface area contributed by atoms with E-state index in [1.54, 1.807) is 18.2 Å². The topological polar surface area (TPSA) is 125 Å². The Morgan fingerprint density at radius 1 is 0.765 bits per heavy atom. The van der Waals surface area contributed by atoms with Gasteiger partial charge in [-0.25, -0.2) is 4.79 Å². The average Bonchev–Trinajstić information content (AvgIpc) is 2.75. The molecule has 2 aromatic rings. The van der Waals surface area contributed by atoms with E-state index < -0.39 is 24.0 Å². The molecule has 0 heterocycles. The summed E-state index contributed by atoms with van der Waals surface area (Å²) in [6, 6.07) is 14.3. The van der Waals surface area contributed by atoms with E-state index in [2.05, 4.69) is 16.0 Å². The summed E-state index contributed by atoms with van der Waals surface area (Å²) >= 11 is 11.8. The standard InChI is InChI=1S/C19H19Cl2N3O3.C2HF3O2/c20-15-6-14(7-16(21)8-15)11-23-19(27)12-24-18(26)9-17(25)22-10-13-4-2-1-3-5-13;3-2(4,5)1(6)7/h1-8H,9-12H2,(H,22,25)(H,23,27)(H,24,26);(H,6,7). The molecule has 0 aliphatic heterocycles. The van der Waals surface area contributed by atoms with E-state index in [1.807, 2.05) is 30.3 Å². The third kappa shape index (κ3) is 12.7. The van der Waals surface area contributed by atoms with E-state index >= 15 is 0 Å².